The van der Waals surface area contributed by atoms with Gasteiger partial charge in [0.25, 0.3) is 0 Å². The first-order valence-corrected chi connectivity index (χ1v) is 5.23. The zero-order valence-corrected chi connectivity index (χ0v) is 8.33. The largest absolute Gasteiger partial charge is 0.356 e. The highest BCUT2D eigenvalue weighted by molar-refractivity contribution is 7.99. The highest BCUT2D eigenvalue weighted by atomic mass is 32.2. The molecule has 0 aromatic rings. The second-order valence-corrected chi connectivity index (χ2v) is 3.77. The summed E-state index contributed by atoms with van der Waals surface area (Å²) in [5, 5.41) is 2.80. The molecule has 0 aliphatic heterocycles. The molecule has 0 fully saturated rings. The van der Waals surface area contributed by atoms with Gasteiger partial charge in [-0.1, -0.05) is 13.8 Å². The van der Waals surface area contributed by atoms with E-state index in [0.29, 0.717) is 0 Å². The molecule has 2 nitrogen and oxygen atoms in total. The zero-order chi connectivity index (χ0) is 8.69. The first-order chi connectivity index (χ1) is 5.22. The van der Waals surface area contributed by atoms with Gasteiger partial charge in [0.15, 0.2) is 0 Å². The van der Waals surface area contributed by atoms with E-state index >= 15 is 0 Å². The Morgan fingerprint density at radius 2 is 2.18 bits per heavy atom. The Balaban J connectivity index is 3.46. The van der Waals surface area contributed by atoms with Crippen molar-refractivity contribution in [2.24, 2.45) is 5.92 Å². The maximum atomic E-state index is 11.1. The molecule has 1 amide bonds. The van der Waals surface area contributed by atoms with Crippen LogP contribution < -0.4 is 5.32 Å². The van der Waals surface area contributed by atoms with Crippen LogP contribution in [0.4, 0.5) is 0 Å². The highest BCUT2D eigenvalue weighted by Crippen LogP contribution is 2.06. The van der Waals surface area contributed by atoms with Crippen LogP contribution in [0.2, 0.25) is 0 Å². The number of rotatable bonds is 5. The molecule has 0 aliphatic rings. The molecule has 3 heteroatoms. The van der Waals surface area contributed by atoms with Crippen LogP contribution in [-0.4, -0.2) is 24.0 Å². The molecule has 0 rings (SSSR count). The first kappa shape index (κ1) is 10.8. The minimum absolute atomic E-state index is 0.153. The molecule has 0 saturated carbocycles. The molecule has 0 saturated heterocycles. The summed E-state index contributed by atoms with van der Waals surface area (Å²) in [7, 11) is 0. The number of thioether (sulfide) groups is 1. The number of amides is 1. The fourth-order valence-electron chi connectivity index (χ4n) is 0.719. The summed E-state index contributed by atoms with van der Waals surface area (Å²) in [6.07, 6.45) is 0. The van der Waals surface area contributed by atoms with Crippen molar-refractivity contribution in [3.63, 3.8) is 0 Å². The van der Waals surface area contributed by atoms with E-state index in [-0.39, 0.29) is 11.8 Å². The molecule has 1 atom stereocenters. The number of carbonyl (C=O) groups excluding carboxylic acids is 1. The van der Waals surface area contributed by atoms with Gasteiger partial charge in [0.05, 0.1) is 0 Å². The fourth-order valence-corrected chi connectivity index (χ4v) is 1.46. The summed E-state index contributed by atoms with van der Waals surface area (Å²) in [6, 6.07) is 0. The lowest BCUT2D eigenvalue weighted by Crippen LogP contribution is -2.30. The predicted octanol–water partition coefficient (Wildman–Crippen LogP) is 1.51. The quantitative estimate of drug-likeness (QED) is 0.686. The minimum atomic E-state index is 0.153. The van der Waals surface area contributed by atoms with Crippen LogP contribution in [0.1, 0.15) is 20.8 Å². The Morgan fingerprint density at radius 1 is 1.55 bits per heavy atom. The van der Waals surface area contributed by atoms with Crippen molar-refractivity contribution in [3.05, 3.63) is 0 Å². The van der Waals surface area contributed by atoms with Crippen LogP contribution in [0.25, 0.3) is 0 Å². The van der Waals surface area contributed by atoms with Gasteiger partial charge in [-0.2, -0.15) is 11.8 Å². The molecule has 0 heterocycles. The number of hydrogen-bond acceptors (Lipinski definition) is 2. The molecule has 66 valence electrons. The van der Waals surface area contributed by atoms with E-state index in [0.717, 1.165) is 18.1 Å². The topological polar surface area (TPSA) is 29.1 Å². The van der Waals surface area contributed by atoms with E-state index in [9.17, 15) is 4.79 Å². The fraction of sp³-hybridized carbons (Fsp3) is 0.875. The summed E-state index contributed by atoms with van der Waals surface area (Å²) >= 11 is 1.81. The highest BCUT2D eigenvalue weighted by Gasteiger charge is 2.10. The van der Waals surface area contributed by atoms with E-state index in [2.05, 4.69) is 12.2 Å². The molecule has 0 aromatic heterocycles. The molecule has 0 aliphatic carbocycles. The lowest BCUT2D eigenvalue weighted by atomic mass is 10.2. The van der Waals surface area contributed by atoms with E-state index in [4.69, 9.17) is 0 Å². The number of hydrogen-bond donors (Lipinski definition) is 1. The van der Waals surface area contributed by atoms with E-state index in [1.165, 1.54) is 0 Å². The molecular weight excluding hydrogens is 158 g/mol. The third kappa shape index (κ3) is 5.13. The van der Waals surface area contributed by atoms with Crippen molar-refractivity contribution < 1.29 is 4.79 Å². The SMILES string of the molecule is CCNC(=O)C(C)CSCC. The van der Waals surface area contributed by atoms with E-state index in [1.807, 2.05) is 25.6 Å². The average Bonchev–Trinajstić information content (AvgIpc) is 2.00. The molecule has 1 N–H and O–H groups in total. The van der Waals surface area contributed by atoms with E-state index < -0.39 is 0 Å². The van der Waals surface area contributed by atoms with Crippen molar-refractivity contribution in [3.8, 4) is 0 Å². The van der Waals surface area contributed by atoms with Crippen LogP contribution in [0, 0.1) is 5.92 Å². The van der Waals surface area contributed by atoms with Crippen LogP contribution in [-0.2, 0) is 4.79 Å². The normalized spacial score (nSPS) is 12.6. The monoisotopic (exact) mass is 175 g/mol. The molecule has 0 aromatic carbocycles. The zero-order valence-electron chi connectivity index (χ0n) is 7.52. The Hall–Kier alpha value is -0.180. The first-order valence-electron chi connectivity index (χ1n) is 4.07. The number of carbonyl (C=O) groups is 1. The van der Waals surface area contributed by atoms with Gasteiger partial charge in [-0.15, -0.1) is 0 Å². The molecule has 1 unspecified atom stereocenters. The summed E-state index contributed by atoms with van der Waals surface area (Å²) in [4.78, 5) is 11.1. The molecule has 11 heavy (non-hydrogen) atoms. The Kier molecular flexibility index (Phi) is 6.42. The van der Waals surface area contributed by atoms with Gasteiger partial charge in [0, 0.05) is 18.2 Å². The summed E-state index contributed by atoms with van der Waals surface area (Å²) in [5.41, 5.74) is 0. The summed E-state index contributed by atoms with van der Waals surface area (Å²) in [5.74, 6) is 2.35. The van der Waals surface area contributed by atoms with Gasteiger partial charge in [0.2, 0.25) is 5.91 Å². The Labute approximate surface area is 73.1 Å². The lowest BCUT2D eigenvalue weighted by Gasteiger charge is -2.09. The van der Waals surface area contributed by atoms with Crippen molar-refractivity contribution in [1.82, 2.24) is 5.32 Å². The summed E-state index contributed by atoms with van der Waals surface area (Å²) < 4.78 is 0. The number of nitrogens with one attached hydrogen (secondary N) is 1. The predicted molar refractivity (Wildman–Crippen MR) is 50.8 cm³/mol. The van der Waals surface area contributed by atoms with Crippen molar-refractivity contribution in [2.45, 2.75) is 20.8 Å². The van der Waals surface area contributed by atoms with Crippen molar-refractivity contribution >= 4 is 17.7 Å². The standard InChI is InChI=1S/C8H17NOS/c1-4-9-8(10)7(3)6-11-5-2/h7H,4-6H2,1-3H3,(H,9,10). The van der Waals surface area contributed by atoms with Crippen LogP contribution in [0.5, 0.6) is 0 Å². The third-order valence-corrected chi connectivity index (χ3v) is 2.51. The maximum absolute atomic E-state index is 11.1. The second kappa shape index (κ2) is 6.53. The third-order valence-electron chi connectivity index (χ3n) is 1.37. The van der Waals surface area contributed by atoms with Crippen molar-refractivity contribution in [2.75, 3.05) is 18.1 Å². The van der Waals surface area contributed by atoms with E-state index in [1.54, 1.807) is 0 Å². The van der Waals surface area contributed by atoms with Gasteiger partial charge in [-0.3, -0.25) is 4.79 Å². The molecule has 0 radical (unpaired) electrons. The van der Waals surface area contributed by atoms with Gasteiger partial charge in [-0.25, -0.2) is 0 Å². The molecular formula is C8H17NOS. The van der Waals surface area contributed by atoms with Crippen LogP contribution >= 0.6 is 11.8 Å². The second-order valence-electron chi connectivity index (χ2n) is 2.46. The maximum Gasteiger partial charge on any atom is 0.223 e. The Bertz CT molecular complexity index is 117. The van der Waals surface area contributed by atoms with Gasteiger partial charge in [-0.05, 0) is 12.7 Å². The molecule has 0 bridgehead atoms. The van der Waals surface area contributed by atoms with Crippen molar-refractivity contribution in [1.29, 1.82) is 0 Å². The van der Waals surface area contributed by atoms with Gasteiger partial charge >= 0.3 is 0 Å². The average molecular weight is 175 g/mol. The van der Waals surface area contributed by atoms with Gasteiger partial charge in [0.1, 0.15) is 0 Å². The minimum Gasteiger partial charge on any atom is -0.356 e. The lowest BCUT2D eigenvalue weighted by molar-refractivity contribution is -0.123. The molecule has 0 spiro atoms. The van der Waals surface area contributed by atoms with Crippen LogP contribution in [0.15, 0.2) is 0 Å². The summed E-state index contributed by atoms with van der Waals surface area (Å²) in [6.45, 7) is 6.75. The Morgan fingerprint density at radius 3 is 2.64 bits per heavy atom. The van der Waals surface area contributed by atoms with Crippen LogP contribution in [0.3, 0.4) is 0 Å². The van der Waals surface area contributed by atoms with Gasteiger partial charge < -0.3 is 5.32 Å². The smallest absolute Gasteiger partial charge is 0.223 e.